The van der Waals surface area contributed by atoms with Crippen molar-refractivity contribution in [1.82, 2.24) is 0 Å². The largest absolute Gasteiger partial charge is 0.467 e. The molecule has 2 rings (SSSR count). The van der Waals surface area contributed by atoms with Gasteiger partial charge < -0.3 is 9.64 Å². The van der Waals surface area contributed by atoms with Gasteiger partial charge in [-0.3, -0.25) is 0 Å². The number of benzene rings is 1. The van der Waals surface area contributed by atoms with Crippen LogP contribution in [0.1, 0.15) is 51.3 Å². The van der Waals surface area contributed by atoms with E-state index in [2.05, 4.69) is 71.6 Å². The third kappa shape index (κ3) is 3.01. The second-order valence-corrected chi connectivity index (χ2v) is 7.52. The summed E-state index contributed by atoms with van der Waals surface area (Å²) in [7, 11) is 1.47. The highest BCUT2D eigenvalue weighted by Gasteiger charge is 2.41. The molecule has 23 heavy (non-hydrogen) atoms. The lowest BCUT2D eigenvalue weighted by atomic mass is 9.84. The van der Waals surface area contributed by atoms with Gasteiger partial charge in [-0.15, -0.1) is 0 Å². The van der Waals surface area contributed by atoms with Gasteiger partial charge in [0.15, 0.2) is 0 Å². The Morgan fingerprint density at radius 2 is 1.70 bits per heavy atom. The van der Waals surface area contributed by atoms with Gasteiger partial charge in [-0.2, -0.15) is 0 Å². The second-order valence-electron chi connectivity index (χ2n) is 7.52. The fourth-order valence-corrected chi connectivity index (χ4v) is 3.61. The Bertz CT molecular complexity index is 656. The predicted octanol–water partition coefficient (Wildman–Crippen LogP) is 4.50. The topological polar surface area (TPSA) is 29.5 Å². The number of hydrogen-bond acceptors (Lipinski definition) is 3. The first-order valence-corrected chi connectivity index (χ1v) is 8.28. The monoisotopic (exact) mass is 315 g/mol. The maximum Gasteiger partial charge on any atom is 0.328 e. The third-order valence-corrected chi connectivity index (χ3v) is 4.84. The van der Waals surface area contributed by atoms with Gasteiger partial charge >= 0.3 is 5.97 Å². The third-order valence-electron chi connectivity index (χ3n) is 4.84. The SMILES string of the molecule is COC(=O)[C@H](C(C)C)N1c2cc(C)c(C)cc2C(C)=CC1(C)C. The van der Waals surface area contributed by atoms with Crippen molar-refractivity contribution in [1.29, 1.82) is 0 Å². The average Bonchev–Trinajstić information content (AvgIpc) is 2.44. The maximum absolute atomic E-state index is 12.5. The lowest BCUT2D eigenvalue weighted by Gasteiger charge is -2.48. The standard InChI is InChI=1S/C20H29NO2/c1-12(2)18(19(22)23-8)21-17-10-14(4)13(3)9-16(17)15(5)11-20(21,6)7/h9-12,18H,1-8H3/t18-/m0/s1. The van der Waals surface area contributed by atoms with E-state index >= 15 is 0 Å². The van der Waals surface area contributed by atoms with Crippen molar-refractivity contribution in [2.45, 2.75) is 60.0 Å². The molecule has 0 aromatic heterocycles. The van der Waals surface area contributed by atoms with E-state index in [-0.39, 0.29) is 23.5 Å². The van der Waals surface area contributed by atoms with Crippen LogP contribution in [0.2, 0.25) is 0 Å². The fraction of sp³-hybridized carbons (Fsp3) is 0.550. The van der Waals surface area contributed by atoms with Crippen molar-refractivity contribution < 1.29 is 9.53 Å². The van der Waals surface area contributed by atoms with E-state index in [0.29, 0.717) is 0 Å². The van der Waals surface area contributed by atoms with Crippen molar-refractivity contribution in [2.24, 2.45) is 5.92 Å². The van der Waals surface area contributed by atoms with E-state index in [1.165, 1.54) is 29.4 Å². The zero-order valence-corrected chi connectivity index (χ0v) is 15.7. The van der Waals surface area contributed by atoms with E-state index in [9.17, 15) is 4.79 Å². The number of carbonyl (C=O) groups excluding carboxylic acids is 1. The maximum atomic E-state index is 12.5. The normalized spacial score (nSPS) is 17.6. The van der Waals surface area contributed by atoms with Crippen LogP contribution in [-0.2, 0) is 9.53 Å². The lowest BCUT2D eigenvalue weighted by molar-refractivity contribution is -0.143. The van der Waals surface area contributed by atoms with Crippen molar-refractivity contribution in [3.05, 3.63) is 34.9 Å². The first-order chi connectivity index (χ1) is 10.6. The number of fused-ring (bicyclic) bond motifs is 1. The van der Waals surface area contributed by atoms with E-state index in [1.54, 1.807) is 0 Å². The van der Waals surface area contributed by atoms with Gasteiger partial charge in [0, 0.05) is 11.3 Å². The zero-order chi connectivity index (χ0) is 17.5. The summed E-state index contributed by atoms with van der Waals surface area (Å²) in [4.78, 5) is 14.7. The number of nitrogens with zero attached hydrogens (tertiary/aromatic N) is 1. The Balaban J connectivity index is 2.72. The molecular formula is C20H29NO2. The summed E-state index contributed by atoms with van der Waals surface area (Å²) in [6.45, 7) is 14.9. The molecule has 1 aliphatic rings. The average molecular weight is 315 g/mol. The summed E-state index contributed by atoms with van der Waals surface area (Å²) >= 11 is 0. The van der Waals surface area contributed by atoms with E-state index in [0.717, 1.165) is 5.69 Å². The van der Waals surface area contributed by atoms with Crippen molar-refractivity contribution in [3.8, 4) is 0 Å². The van der Waals surface area contributed by atoms with Gasteiger partial charge in [0.2, 0.25) is 0 Å². The van der Waals surface area contributed by atoms with Gasteiger partial charge in [-0.25, -0.2) is 4.79 Å². The van der Waals surface area contributed by atoms with Crippen LogP contribution in [-0.4, -0.2) is 24.7 Å². The molecule has 0 radical (unpaired) electrons. The lowest BCUT2D eigenvalue weighted by Crippen LogP contribution is -2.56. The highest BCUT2D eigenvalue weighted by Crippen LogP contribution is 2.42. The van der Waals surface area contributed by atoms with E-state index in [4.69, 9.17) is 4.74 Å². The highest BCUT2D eigenvalue weighted by atomic mass is 16.5. The van der Waals surface area contributed by atoms with Crippen molar-refractivity contribution >= 4 is 17.2 Å². The highest BCUT2D eigenvalue weighted by molar-refractivity contribution is 5.88. The fourth-order valence-electron chi connectivity index (χ4n) is 3.61. The van der Waals surface area contributed by atoms with Crippen LogP contribution in [0.5, 0.6) is 0 Å². The number of carbonyl (C=O) groups is 1. The molecule has 0 amide bonds. The summed E-state index contributed by atoms with van der Waals surface area (Å²) in [6.07, 6.45) is 2.25. The molecule has 1 aromatic rings. The van der Waals surface area contributed by atoms with Gasteiger partial charge in [-0.1, -0.05) is 19.9 Å². The van der Waals surface area contributed by atoms with Crippen molar-refractivity contribution in [3.63, 3.8) is 0 Å². The molecule has 0 spiro atoms. The number of ether oxygens (including phenoxy) is 1. The van der Waals surface area contributed by atoms with Gasteiger partial charge in [0.05, 0.1) is 12.6 Å². The van der Waals surface area contributed by atoms with Gasteiger partial charge in [-0.05, 0) is 69.4 Å². The van der Waals surface area contributed by atoms with E-state index < -0.39 is 0 Å². The van der Waals surface area contributed by atoms with Crippen LogP contribution >= 0.6 is 0 Å². The number of esters is 1. The van der Waals surface area contributed by atoms with Crippen LogP contribution in [0.25, 0.3) is 5.57 Å². The predicted molar refractivity (Wildman–Crippen MR) is 96.8 cm³/mol. The number of rotatable bonds is 3. The molecule has 126 valence electrons. The molecule has 0 fully saturated rings. The molecular weight excluding hydrogens is 286 g/mol. The van der Waals surface area contributed by atoms with Gasteiger partial charge in [0.25, 0.3) is 0 Å². The van der Waals surface area contributed by atoms with Crippen LogP contribution < -0.4 is 4.90 Å². The van der Waals surface area contributed by atoms with E-state index in [1.807, 2.05) is 0 Å². The smallest absolute Gasteiger partial charge is 0.328 e. The first kappa shape index (κ1) is 17.6. The molecule has 0 saturated heterocycles. The summed E-state index contributed by atoms with van der Waals surface area (Å²) in [5.41, 5.74) is 5.87. The quantitative estimate of drug-likeness (QED) is 0.769. The molecule has 0 N–H and O–H groups in total. The number of aryl methyl sites for hydroxylation is 2. The molecule has 1 aliphatic heterocycles. The number of hydrogen-bond donors (Lipinski definition) is 0. The Hall–Kier alpha value is -1.77. The Morgan fingerprint density at radius 3 is 2.22 bits per heavy atom. The Kier molecular flexibility index (Phi) is 4.61. The first-order valence-electron chi connectivity index (χ1n) is 8.28. The number of allylic oxidation sites excluding steroid dienone is 1. The summed E-state index contributed by atoms with van der Waals surface area (Å²) in [5, 5.41) is 0. The minimum absolute atomic E-state index is 0.156. The summed E-state index contributed by atoms with van der Waals surface area (Å²) < 4.78 is 5.11. The Morgan fingerprint density at radius 1 is 1.13 bits per heavy atom. The number of anilines is 1. The molecule has 3 nitrogen and oxygen atoms in total. The molecule has 1 aromatic carbocycles. The van der Waals surface area contributed by atoms with Gasteiger partial charge in [0.1, 0.15) is 6.04 Å². The number of methoxy groups -OCH3 is 1. The van der Waals surface area contributed by atoms with Crippen molar-refractivity contribution in [2.75, 3.05) is 12.0 Å². The summed E-state index contributed by atoms with van der Waals surface area (Å²) in [6, 6.07) is 4.13. The molecule has 0 aliphatic carbocycles. The van der Waals surface area contributed by atoms with Crippen LogP contribution in [0, 0.1) is 19.8 Å². The summed E-state index contributed by atoms with van der Waals surface area (Å²) in [5.74, 6) is -0.0202. The molecule has 0 saturated carbocycles. The van der Waals surface area contributed by atoms with Crippen LogP contribution in [0.4, 0.5) is 5.69 Å². The Labute approximate surface area is 140 Å². The van der Waals surface area contributed by atoms with Crippen LogP contribution in [0.3, 0.4) is 0 Å². The second kappa shape index (κ2) is 6.03. The molecule has 0 bridgehead atoms. The minimum Gasteiger partial charge on any atom is -0.467 e. The molecule has 3 heteroatoms. The molecule has 1 atom stereocenters. The molecule has 0 unspecified atom stereocenters. The zero-order valence-electron chi connectivity index (χ0n) is 15.7. The molecule has 1 heterocycles. The van der Waals surface area contributed by atoms with Crippen LogP contribution in [0.15, 0.2) is 18.2 Å². The minimum atomic E-state index is -0.305.